The highest BCUT2D eigenvalue weighted by Gasteiger charge is 2.26. The molecular formula is C15H13N3OS2. The van der Waals surface area contributed by atoms with E-state index in [0.717, 1.165) is 16.3 Å². The van der Waals surface area contributed by atoms with Crippen LogP contribution in [0.1, 0.15) is 5.56 Å². The van der Waals surface area contributed by atoms with Crippen molar-refractivity contribution < 1.29 is 4.79 Å². The minimum absolute atomic E-state index is 0.0178. The number of pyridine rings is 1. The van der Waals surface area contributed by atoms with Gasteiger partial charge in [-0.2, -0.15) is 0 Å². The van der Waals surface area contributed by atoms with Crippen LogP contribution < -0.4 is 10.2 Å². The van der Waals surface area contributed by atoms with Gasteiger partial charge < -0.3 is 5.32 Å². The van der Waals surface area contributed by atoms with E-state index in [-0.39, 0.29) is 12.5 Å². The van der Waals surface area contributed by atoms with Gasteiger partial charge in [-0.15, -0.1) is 11.8 Å². The van der Waals surface area contributed by atoms with Crippen molar-refractivity contribution in [1.82, 2.24) is 10.3 Å². The smallest absolute Gasteiger partial charge is 0.252 e. The molecule has 4 nitrogen and oxygen atoms in total. The molecule has 1 fully saturated rings. The molecule has 0 saturated carbocycles. The van der Waals surface area contributed by atoms with E-state index in [1.807, 2.05) is 36.5 Å². The largest absolute Gasteiger partial charge is 0.353 e. The highest BCUT2D eigenvalue weighted by molar-refractivity contribution is 7.98. The molecular weight excluding hydrogens is 302 g/mol. The molecule has 0 bridgehead atoms. The Hall–Kier alpha value is -1.92. The molecule has 1 aromatic carbocycles. The number of hydrogen-bond donors (Lipinski definition) is 1. The van der Waals surface area contributed by atoms with Gasteiger partial charge in [0.05, 0.1) is 12.2 Å². The Kier molecular flexibility index (Phi) is 4.17. The minimum atomic E-state index is -0.0178. The number of carbonyl (C=O) groups excluding carboxylic acids is 1. The molecule has 1 aliphatic rings. The normalized spacial score (nSPS) is 14.4. The number of anilines is 1. The molecule has 0 atom stereocenters. The van der Waals surface area contributed by atoms with Crippen LogP contribution in [-0.4, -0.2) is 22.5 Å². The molecule has 0 radical (unpaired) electrons. The Morgan fingerprint density at radius 3 is 2.71 bits per heavy atom. The van der Waals surface area contributed by atoms with Crippen molar-refractivity contribution in [3.8, 4) is 0 Å². The van der Waals surface area contributed by atoms with Crippen molar-refractivity contribution >= 4 is 40.7 Å². The number of aromatic nitrogens is 1. The van der Waals surface area contributed by atoms with Crippen LogP contribution in [0, 0.1) is 0 Å². The Bertz CT molecular complexity index is 642. The number of amides is 1. The molecule has 0 aliphatic carbocycles. The summed E-state index contributed by atoms with van der Waals surface area (Å²) in [5.74, 6) is 0.853. The van der Waals surface area contributed by atoms with E-state index in [0.29, 0.717) is 5.11 Å². The molecule has 1 aliphatic heterocycles. The number of hydrogen-bond acceptors (Lipinski definition) is 4. The predicted octanol–water partition coefficient (Wildman–Crippen LogP) is 2.60. The van der Waals surface area contributed by atoms with E-state index in [1.54, 1.807) is 18.0 Å². The van der Waals surface area contributed by atoms with Gasteiger partial charge in [0.25, 0.3) is 5.91 Å². The number of nitrogens with one attached hydrogen (secondary N) is 1. The summed E-state index contributed by atoms with van der Waals surface area (Å²) in [5, 5.41) is 3.34. The second-order valence-electron chi connectivity index (χ2n) is 4.53. The first-order valence-electron chi connectivity index (χ1n) is 6.46. The van der Waals surface area contributed by atoms with E-state index in [9.17, 15) is 4.79 Å². The Balaban J connectivity index is 1.67. The SMILES string of the molecule is O=C1CNC(=S)N1c1ccc(SCc2cccnc2)cc1. The second kappa shape index (κ2) is 6.24. The Labute approximate surface area is 132 Å². The third kappa shape index (κ3) is 3.22. The highest BCUT2D eigenvalue weighted by atomic mass is 32.2. The first-order valence-corrected chi connectivity index (χ1v) is 7.86. The number of rotatable bonds is 4. The molecule has 0 unspecified atom stereocenters. The zero-order valence-electron chi connectivity index (χ0n) is 11.2. The van der Waals surface area contributed by atoms with Crippen molar-refractivity contribution in [3.63, 3.8) is 0 Å². The number of thiocarbonyl (C=S) groups is 1. The fourth-order valence-electron chi connectivity index (χ4n) is 2.03. The van der Waals surface area contributed by atoms with Crippen LogP contribution in [0.25, 0.3) is 0 Å². The van der Waals surface area contributed by atoms with Gasteiger partial charge in [-0.25, -0.2) is 0 Å². The lowest BCUT2D eigenvalue weighted by atomic mass is 10.3. The fourth-order valence-corrected chi connectivity index (χ4v) is 3.14. The minimum Gasteiger partial charge on any atom is -0.353 e. The molecule has 1 saturated heterocycles. The maximum atomic E-state index is 11.7. The molecule has 6 heteroatoms. The number of carbonyl (C=O) groups is 1. The molecule has 106 valence electrons. The van der Waals surface area contributed by atoms with Gasteiger partial charge in [0, 0.05) is 23.0 Å². The third-order valence-electron chi connectivity index (χ3n) is 3.07. The summed E-state index contributed by atoms with van der Waals surface area (Å²) in [7, 11) is 0. The quantitative estimate of drug-likeness (QED) is 0.694. The van der Waals surface area contributed by atoms with Crippen LogP contribution in [0.15, 0.2) is 53.7 Å². The van der Waals surface area contributed by atoms with Gasteiger partial charge in [0.2, 0.25) is 0 Å². The van der Waals surface area contributed by atoms with Gasteiger partial charge in [-0.3, -0.25) is 14.7 Å². The number of thioether (sulfide) groups is 1. The Morgan fingerprint density at radius 2 is 2.10 bits per heavy atom. The van der Waals surface area contributed by atoms with E-state index in [4.69, 9.17) is 12.2 Å². The molecule has 2 aromatic rings. The van der Waals surface area contributed by atoms with E-state index in [1.165, 1.54) is 10.5 Å². The zero-order valence-corrected chi connectivity index (χ0v) is 12.8. The lowest BCUT2D eigenvalue weighted by Crippen LogP contribution is -2.30. The standard InChI is InChI=1S/C15H13N3OS2/c19-14-9-17-15(20)18(14)12-3-5-13(6-4-12)21-10-11-2-1-7-16-8-11/h1-8H,9-10H2,(H,17,20). The van der Waals surface area contributed by atoms with Crippen molar-refractivity contribution in [3.05, 3.63) is 54.4 Å². The topological polar surface area (TPSA) is 45.2 Å². The van der Waals surface area contributed by atoms with Crippen molar-refractivity contribution in [2.75, 3.05) is 11.4 Å². The summed E-state index contributed by atoms with van der Waals surface area (Å²) in [6.45, 7) is 0.274. The first-order chi connectivity index (χ1) is 10.2. The summed E-state index contributed by atoms with van der Waals surface area (Å²) in [4.78, 5) is 18.5. The van der Waals surface area contributed by atoms with Gasteiger partial charge in [-0.05, 0) is 48.1 Å². The number of nitrogens with zero attached hydrogens (tertiary/aromatic N) is 2. The highest BCUT2D eigenvalue weighted by Crippen LogP contribution is 2.26. The average Bonchev–Trinajstić information content (AvgIpc) is 2.86. The average molecular weight is 315 g/mol. The van der Waals surface area contributed by atoms with Gasteiger partial charge >= 0.3 is 0 Å². The third-order valence-corrected chi connectivity index (χ3v) is 4.48. The van der Waals surface area contributed by atoms with E-state index < -0.39 is 0 Å². The molecule has 1 N–H and O–H groups in total. The maximum absolute atomic E-state index is 11.7. The van der Waals surface area contributed by atoms with Crippen LogP contribution in [-0.2, 0) is 10.5 Å². The van der Waals surface area contributed by atoms with E-state index >= 15 is 0 Å². The summed E-state index contributed by atoms with van der Waals surface area (Å²) >= 11 is 6.86. The summed E-state index contributed by atoms with van der Waals surface area (Å²) < 4.78 is 0. The van der Waals surface area contributed by atoms with Crippen molar-refractivity contribution in [2.45, 2.75) is 10.6 Å². The Morgan fingerprint density at radius 1 is 1.29 bits per heavy atom. The first kappa shape index (κ1) is 14.0. The molecule has 21 heavy (non-hydrogen) atoms. The molecule has 1 aromatic heterocycles. The van der Waals surface area contributed by atoms with Crippen molar-refractivity contribution in [1.29, 1.82) is 0 Å². The predicted molar refractivity (Wildman–Crippen MR) is 88.3 cm³/mol. The van der Waals surface area contributed by atoms with Crippen LogP contribution in [0.5, 0.6) is 0 Å². The molecule has 0 spiro atoms. The van der Waals surface area contributed by atoms with Crippen LogP contribution in [0.4, 0.5) is 5.69 Å². The fraction of sp³-hybridized carbons (Fsp3) is 0.133. The monoisotopic (exact) mass is 315 g/mol. The number of benzene rings is 1. The molecule has 1 amide bonds. The lowest BCUT2D eigenvalue weighted by molar-refractivity contribution is -0.115. The summed E-state index contributed by atoms with van der Waals surface area (Å²) in [5.41, 5.74) is 1.99. The molecule has 3 rings (SSSR count). The summed E-state index contributed by atoms with van der Waals surface area (Å²) in [6, 6.07) is 11.8. The van der Waals surface area contributed by atoms with Gasteiger partial charge in [0.15, 0.2) is 5.11 Å². The van der Waals surface area contributed by atoms with Crippen LogP contribution in [0.3, 0.4) is 0 Å². The zero-order chi connectivity index (χ0) is 14.7. The second-order valence-corrected chi connectivity index (χ2v) is 5.97. The molecule has 2 heterocycles. The summed E-state index contributed by atoms with van der Waals surface area (Å²) in [6.07, 6.45) is 3.64. The van der Waals surface area contributed by atoms with Gasteiger partial charge in [0.1, 0.15) is 0 Å². The lowest BCUT2D eigenvalue weighted by Gasteiger charge is -2.14. The van der Waals surface area contributed by atoms with Gasteiger partial charge in [-0.1, -0.05) is 6.07 Å². The van der Waals surface area contributed by atoms with Crippen LogP contribution in [0.2, 0.25) is 0 Å². The maximum Gasteiger partial charge on any atom is 0.252 e. The van der Waals surface area contributed by atoms with Crippen molar-refractivity contribution in [2.24, 2.45) is 0 Å². The van der Waals surface area contributed by atoms with E-state index in [2.05, 4.69) is 16.4 Å². The van der Waals surface area contributed by atoms with Crippen LogP contribution >= 0.6 is 24.0 Å².